The molecule has 27 heavy (non-hydrogen) atoms. The number of allylic oxidation sites excluding steroid dienone is 4. The summed E-state index contributed by atoms with van der Waals surface area (Å²) in [5.74, 6) is -0.755. The Balaban J connectivity index is 2.01. The highest BCUT2D eigenvalue weighted by molar-refractivity contribution is 5.81. The van der Waals surface area contributed by atoms with Gasteiger partial charge in [0.1, 0.15) is 0 Å². The van der Waals surface area contributed by atoms with Crippen LogP contribution in [0.15, 0.2) is 24.3 Å². The van der Waals surface area contributed by atoms with E-state index in [2.05, 4.69) is 38.2 Å². The molecule has 1 N–H and O–H groups in total. The molecule has 1 fully saturated rings. The van der Waals surface area contributed by atoms with Crippen molar-refractivity contribution >= 4 is 5.97 Å². The number of aliphatic carboxylic acids is 1. The van der Waals surface area contributed by atoms with Crippen molar-refractivity contribution in [2.45, 2.75) is 122 Å². The first-order valence-electron chi connectivity index (χ1n) is 11.4. The molecule has 0 aromatic heterocycles. The molecule has 0 aromatic rings. The van der Waals surface area contributed by atoms with Crippen molar-refractivity contribution in [2.75, 3.05) is 0 Å². The molecular weight excluding hydrogens is 336 g/mol. The van der Waals surface area contributed by atoms with Crippen molar-refractivity contribution in [3.05, 3.63) is 24.3 Å². The molecule has 3 nitrogen and oxygen atoms in total. The lowest BCUT2D eigenvalue weighted by atomic mass is 9.94. The van der Waals surface area contributed by atoms with Gasteiger partial charge in [0, 0.05) is 0 Å². The van der Waals surface area contributed by atoms with E-state index in [0.717, 1.165) is 44.9 Å². The summed E-state index contributed by atoms with van der Waals surface area (Å²) < 4.78 is 5.63. The van der Waals surface area contributed by atoms with Crippen molar-refractivity contribution in [1.29, 1.82) is 0 Å². The first-order valence-corrected chi connectivity index (χ1v) is 11.4. The van der Waals surface area contributed by atoms with Crippen LogP contribution in [0.3, 0.4) is 0 Å². The molecule has 1 rings (SSSR count). The maximum atomic E-state index is 11.6. The second kappa shape index (κ2) is 14.9. The van der Waals surface area contributed by atoms with Gasteiger partial charge in [0.15, 0.2) is 5.60 Å². The van der Waals surface area contributed by atoms with E-state index in [1.807, 2.05) is 0 Å². The van der Waals surface area contributed by atoms with Gasteiger partial charge in [-0.3, -0.25) is 0 Å². The SMILES string of the molecule is CCCCC/C=C\C/C=C\CCCCCC1OC1(CCCCCC)C(=O)O. The maximum absolute atomic E-state index is 11.6. The monoisotopic (exact) mass is 378 g/mol. The molecule has 0 aromatic carbocycles. The molecule has 2 atom stereocenters. The molecule has 0 amide bonds. The van der Waals surface area contributed by atoms with Crippen LogP contribution < -0.4 is 0 Å². The predicted octanol–water partition coefficient (Wildman–Crippen LogP) is 7.21. The molecule has 1 aliphatic rings. The number of carbonyl (C=O) groups is 1. The van der Waals surface area contributed by atoms with Crippen molar-refractivity contribution < 1.29 is 14.6 Å². The fourth-order valence-corrected chi connectivity index (χ4v) is 3.63. The average molecular weight is 379 g/mol. The van der Waals surface area contributed by atoms with E-state index in [1.54, 1.807) is 0 Å². The lowest BCUT2D eigenvalue weighted by molar-refractivity contribution is -0.143. The van der Waals surface area contributed by atoms with Crippen LogP contribution in [0.25, 0.3) is 0 Å². The van der Waals surface area contributed by atoms with E-state index < -0.39 is 11.6 Å². The quantitative estimate of drug-likeness (QED) is 0.156. The van der Waals surface area contributed by atoms with Gasteiger partial charge in [0.05, 0.1) is 6.10 Å². The molecule has 3 heteroatoms. The minimum absolute atomic E-state index is 0.0509. The minimum Gasteiger partial charge on any atom is -0.479 e. The molecule has 0 radical (unpaired) electrons. The summed E-state index contributed by atoms with van der Waals surface area (Å²) in [7, 11) is 0. The second-order valence-corrected chi connectivity index (χ2v) is 7.92. The van der Waals surface area contributed by atoms with Gasteiger partial charge in [-0.15, -0.1) is 0 Å². The molecule has 1 aliphatic heterocycles. The number of hydrogen-bond donors (Lipinski definition) is 1. The van der Waals surface area contributed by atoms with Crippen LogP contribution >= 0.6 is 0 Å². The highest BCUT2D eigenvalue weighted by Gasteiger charge is 2.61. The minimum atomic E-state index is -0.850. The van der Waals surface area contributed by atoms with E-state index >= 15 is 0 Å². The van der Waals surface area contributed by atoms with Gasteiger partial charge in [-0.25, -0.2) is 4.79 Å². The van der Waals surface area contributed by atoms with Gasteiger partial charge in [0.2, 0.25) is 0 Å². The second-order valence-electron chi connectivity index (χ2n) is 7.92. The fourth-order valence-electron chi connectivity index (χ4n) is 3.63. The van der Waals surface area contributed by atoms with E-state index in [0.29, 0.717) is 6.42 Å². The Labute approximate surface area is 167 Å². The van der Waals surface area contributed by atoms with Crippen LogP contribution in [-0.4, -0.2) is 22.8 Å². The molecule has 156 valence electrons. The predicted molar refractivity (Wildman–Crippen MR) is 114 cm³/mol. The number of unbranched alkanes of at least 4 members (excludes halogenated alkanes) is 9. The Hall–Kier alpha value is -1.09. The number of rotatable bonds is 18. The summed E-state index contributed by atoms with van der Waals surface area (Å²) >= 11 is 0. The molecule has 0 aliphatic carbocycles. The molecule has 0 spiro atoms. The smallest absolute Gasteiger partial charge is 0.338 e. The number of ether oxygens (including phenoxy) is 1. The zero-order valence-electron chi connectivity index (χ0n) is 17.8. The summed E-state index contributed by atoms with van der Waals surface area (Å²) in [5.41, 5.74) is -0.850. The summed E-state index contributed by atoms with van der Waals surface area (Å²) in [5, 5.41) is 9.49. The van der Waals surface area contributed by atoms with Crippen molar-refractivity contribution in [3.8, 4) is 0 Å². The summed E-state index contributed by atoms with van der Waals surface area (Å²) in [6, 6.07) is 0. The van der Waals surface area contributed by atoms with Crippen LogP contribution in [0.1, 0.15) is 110 Å². The van der Waals surface area contributed by atoms with Gasteiger partial charge in [0.25, 0.3) is 0 Å². The zero-order chi connectivity index (χ0) is 19.8. The Morgan fingerprint density at radius 3 is 2.07 bits per heavy atom. The van der Waals surface area contributed by atoms with Gasteiger partial charge in [-0.1, -0.05) is 83.1 Å². The summed E-state index contributed by atoms with van der Waals surface area (Å²) in [6.45, 7) is 4.41. The standard InChI is InChI=1S/C24H42O3/c1-3-5-7-9-10-11-12-13-14-15-16-17-18-20-22-24(27-22,23(25)26)21-19-8-6-4-2/h10-11,13-14,22H,3-9,12,15-21H2,1-2H3,(H,25,26)/b11-10-,14-13-. The van der Waals surface area contributed by atoms with Crippen LogP contribution in [0.4, 0.5) is 0 Å². The molecule has 1 heterocycles. The van der Waals surface area contributed by atoms with Gasteiger partial charge in [-0.05, 0) is 51.4 Å². The maximum Gasteiger partial charge on any atom is 0.338 e. The molecule has 0 bridgehead atoms. The lowest BCUT2D eigenvalue weighted by Crippen LogP contribution is -2.27. The van der Waals surface area contributed by atoms with Gasteiger partial charge < -0.3 is 9.84 Å². The molecule has 1 saturated heterocycles. The third-order valence-corrected chi connectivity index (χ3v) is 5.50. The average Bonchev–Trinajstić information content (AvgIpc) is 3.37. The van der Waals surface area contributed by atoms with Gasteiger partial charge in [-0.2, -0.15) is 0 Å². The van der Waals surface area contributed by atoms with Crippen LogP contribution in [0.2, 0.25) is 0 Å². The van der Waals surface area contributed by atoms with E-state index in [4.69, 9.17) is 4.74 Å². The third-order valence-electron chi connectivity index (χ3n) is 5.50. The number of carboxylic acid groups (broad SMARTS) is 1. The third kappa shape index (κ3) is 10.1. The Morgan fingerprint density at radius 2 is 1.44 bits per heavy atom. The van der Waals surface area contributed by atoms with Crippen molar-refractivity contribution in [3.63, 3.8) is 0 Å². The Kier molecular flexibility index (Phi) is 13.2. The van der Waals surface area contributed by atoms with Crippen molar-refractivity contribution in [2.24, 2.45) is 0 Å². The molecule has 2 unspecified atom stereocenters. The van der Waals surface area contributed by atoms with Crippen molar-refractivity contribution in [1.82, 2.24) is 0 Å². The number of epoxide rings is 1. The summed E-state index contributed by atoms with van der Waals surface area (Å²) in [6.07, 6.45) is 25.8. The Bertz CT molecular complexity index is 441. The molecule has 0 saturated carbocycles. The van der Waals surface area contributed by atoms with Crippen LogP contribution in [0.5, 0.6) is 0 Å². The van der Waals surface area contributed by atoms with Gasteiger partial charge >= 0.3 is 5.97 Å². The van der Waals surface area contributed by atoms with E-state index in [-0.39, 0.29) is 6.10 Å². The molecular formula is C24H42O3. The number of hydrogen-bond acceptors (Lipinski definition) is 2. The largest absolute Gasteiger partial charge is 0.479 e. The summed E-state index contributed by atoms with van der Waals surface area (Å²) in [4.78, 5) is 11.6. The zero-order valence-corrected chi connectivity index (χ0v) is 17.8. The number of carboxylic acids is 1. The van der Waals surface area contributed by atoms with E-state index in [9.17, 15) is 9.90 Å². The first-order chi connectivity index (χ1) is 13.2. The Morgan fingerprint density at radius 1 is 0.852 bits per heavy atom. The van der Waals surface area contributed by atoms with Crippen LogP contribution in [0, 0.1) is 0 Å². The van der Waals surface area contributed by atoms with E-state index in [1.165, 1.54) is 44.9 Å². The topological polar surface area (TPSA) is 49.8 Å². The fraction of sp³-hybridized carbons (Fsp3) is 0.792. The highest BCUT2D eigenvalue weighted by Crippen LogP contribution is 2.44. The normalized spacial score (nSPS) is 22.1. The van der Waals surface area contributed by atoms with Crippen LogP contribution in [-0.2, 0) is 9.53 Å². The first kappa shape index (κ1) is 23.9. The highest BCUT2D eigenvalue weighted by atomic mass is 16.6. The lowest BCUT2D eigenvalue weighted by Gasteiger charge is -2.07.